The zero-order chi connectivity index (χ0) is 15.1. The Labute approximate surface area is 129 Å². The molecule has 3 heteroatoms. The van der Waals surface area contributed by atoms with Crippen molar-refractivity contribution < 1.29 is 4.39 Å². The second-order valence-electron chi connectivity index (χ2n) is 5.87. The van der Waals surface area contributed by atoms with Crippen molar-refractivity contribution in [2.45, 2.75) is 26.2 Å². The predicted octanol–water partition coefficient (Wildman–Crippen LogP) is 4.91. The second-order valence-corrected chi connectivity index (χ2v) is 5.87. The first kappa shape index (κ1) is 13.3. The van der Waals surface area contributed by atoms with Crippen LogP contribution in [0, 0.1) is 12.7 Å². The molecule has 4 rings (SSSR count). The normalized spacial score (nSPS) is 13.4. The third-order valence-electron chi connectivity index (χ3n) is 4.36. The van der Waals surface area contributed by atoms with Crippen LogP contribution in [-0.2, 0) is 12.8 Å². The molecule has 1 aliphatic carbocycles. The summed E-state index contributed by atoms with van der Waals surface area (Å²) in [6.07, 6.45) is 3.19. The summed E-state index contributed by atoms with van der Waals surface area (Å²) in [4.78, 5) is 4.78. The van der Waals surface area contributed by atoms with Crippen LogP contribution in [0.15, 0.2) is 42.5 Å². The summed E-state index contributed by atoms with van der Waals surface area (Å²) < 4.78 is 13.8. The highest BCUT2D eigenvalue weighted by atomic mass is 19.1. The van der Waals surface area contributed by atoms with E-state index in [-0.39, 0.29) is 5.82 Å². The quantitative estimate of drug-likeness (QED) is 0.725. The summed E-state index contributed by atoms with van der Waals surface area (Å²) in [5, 5.41) is 4.54. The van der Waals surface area contributed by atoms with Gasteiger partial charge in [-0.3, -0.25) is 4.98 Å². The van der Waals surface area contributed by atoms with E-state index >= 15 is 0 Å². The minimum absolute atomic E-state index is 0.181. The molecule has 0 fully saturated rings. The smallest absolute Gasteiger partial charge is 0.128 e. The van der Waals surface area contributed by atoms with Crippen LogP contribution in [0.4, 0.5) is 15.8 Å². The van der Waals surface area contributed by atoms with Gasteiger partial charge in [0.05, 0.1) is 11.2 Å². The molecule has 1 heterocycles. The van der Waals surface area contributed by atoms with Gasteiger partial charge in [-0.1, -0.05) is 24.3 Å². The molecule has 110 valence electrons. The number of pyridine rings is 1. The molecule has 1 aromatic heterocycles. The summed E-state index contributed by atoms with van der Waals surface area (Å²) in [6.45, 7) is 1.78. The number of aryl methyl sites for hydroxylation is 2. The van der Waals surface area contributed by atoms with Gasteiger partial charge in [0.25, 0.3) is 0 Å². The van der Waals surface area contributed by atoms with E-state index in [1.165, 1.54) is 11.3 Å². The van der Waals surface area contributed by atoms with Crippen LogP contribution < -0.4 is 5.32 Å². The highest BCUT2D eigenvalue weighted by Crippen LogP contribution is 2.35. The van der Waals surface area contributed by atoms with Crippen molar-refractivity contribution >= 4 is 22.3 Å². The maximum absolute atomic E-state index is 13.8. The Balaban J connectivity index is 1.88. The Morgan fingerprint density at radius 2 is 1.95 bits per heavy atom. The summed E-state index contributed by atoms with van der Waals surface area (Å²) >= 11 is 0. The van der Waals surface area contributed by atoms with Crippen molar-refractivity contribution in [2.75, 3.05) is 5.32 Å². The van der Waals surface area contributed by atoms with Gasteiger partial charge in [0, 0.05) is 16.8 Å². The Kier molecular flexibility index (Phi) is 3.07. The standard InChI is InChI=1S/C19H17FN2/c1-12-9-10-13(11-16(12)20)21-19-14-5-2-3-7-17(14)22-18-8-4-6-15(18)19/h2-3,5,7,9-11H,4,6,8H2,1H3,(H,21,22). The van der Waals surface area contributed by atoms with Crippen molar-refractivity contribution in [3.63, 3.8) is 0 Å². The van der Waals surface area contributed by atoms with Crippen molar-refractivity contribution in [1.82, 2.24) is 4.98 Å². The van der Waals surface area contributed by atoms with E-state index in [1.54, 1.807) is 19.1 Å². The summed E-state index contributed by atoms with van der Waals surface area (Å²) in [6, 6.07) is 13.4. The maximum atomic E-state index is 13.8. The average molecular weight is 292 g/mol. The third kappa shape index (κ3) is 2.13. The van der Waals surface area contributed by atoms with Gasteiger partial charge in [-0.05, 0) is 55.5 Å². The number of aromatic nitrogens is 1. The monoisotopic (exact) mass is 292 g/mol. The molecular weight excluding hydrogens is 275 g/mol. The fourth-order valence-electron chi connectivity index (χ4n) is 3.17. The highest BCUT2D eigenvalue weighted by molar-refractivity contribution is 5.95. The van der Waals surface area contributed by atoms with Crippen LogP contribution in [0.5, 0.6) is 0 Å². The molecule has 0 atom stereocenters. The van der Waals surface area contributed by atoms with E-state index in [0.29, 0.717) is 5.56 Å². The van der Waals surface area contributed by atoms with Crippen LogP contribution in [0.3, 0.4) is 0 Å². The predicted molar refractivity (Wildman–Crippen MR) is 88.2 cm³/mol. The van der Waals surface area contributed by atoms with Gasteiger partial charge < -0.3 is 5.32 Å². The van der Waals surface area contributed by atoms with E-state index in [4.69, 9.17) is 4.98 Å². The first-order valence-electron chi connectivity index (χ1n) is 7.66. The molecule has 3 aromatic rings. The summed E-state index contributed by atoms with van der Waals surface area (Å²) in [5.74, 6) is -0.181. The van der Waals surface area contributed by atoms with Gasteiger partial charge in [-0.2, -0.15) is 0 Å². The highest BCUT2D eigenvalue weighted by Gasteiger charge is 2.19. The number of hydrogen-bond acceptors (Lipinski definition) is 2. The lowest BCUT2D eigenvalue weighted by molar-refractivity contribution is 0.619. The Morgan fingerprint density at radius 3 is 2.82 bits per heavy atom. The van der Waals surface area contributed by atoms with Crippen molar-refractivity contribution in [2.24, 2.45) is 0 Å². The number of benzene rings is 2. The number of anilines is 2. The molecule has 2 nitrogen and oxygen atoms in total. The zero-order valence-electron chi connectivity index (χ0n) is 12.5. The SMILES string of the molecule is Cc1ccc(Nc2c3c(nc4ccccc24)CCC3)cc1F. The van der Waals surface area contributed by atoms with Gasteiger partial charge in [0.15, 0.2) is 0 Å². The molecule has 0 amide bonds. The van der Waals surface area contributed by atoms with Gasteiger partial charge in [-0.25, -0.2) is 4.39 Å². The number of para-hydroxylation sites is 1. The topological polar surface area (TPSA) is 24.9 Å². The Morgan fingerprint density at radius 1 is 1.09 bits per heavy atom. The molecule has 0 bridgehead atoms. The third-order valence-corrected chi connectivity index (χ3v) is 4.36. The lowest BCUT2D eigenvalue weighted by Gasteiger charge is -2.15. The van der Waals surface area contributed by atoms with E-state index in [0.717, 1.165) is 41.5 Å². The second kappa shape index (κ2) is 5.09. The van der Waals surface area contributed by atoms with Crippen molar-refractivity contribution in [3.05, 3.63) is 65.1 Å². The van der Waals surface area contributed by atoms with Gasteiger partial charge >= 0.3 is 0 Å². The molecule has 0 saturated heterocycles. The molecular formula is C19H17FN2. The lowest BCUT2D eigenvalue weighted by Crippen LogP contribution is -2.00. The van der Waals surface area contributed by atoms with Gasteiger partial charge in [-0.15, -0.1) is 0 Å². The van der Waals surface area contributed by atoms with Crippen LogP contribution in [-0.4, -0.2) is 4.98 Å². The number of nitrogens with zero attached hydrogens (tertiary/aromatic N) is 1. The molecule has 1 N–H and O–H groups in total. The van der Waals surface area contributed by atoms with E-state index in [2.05, 4.69) is 11.4 Å². The fraction of sp³-hybridized carbons (Fsp3) is 0.211. The number of fused-ring (bicyclic) bond motifs is 2. The number of hydrogen-bond donors (Lipinski definition) is 1. The molecule has 0 saturated carbocycles. The van der Waals surface area contributed by atoms with Crippen LogP contribution in [0.1, 0.15) is 23.2 Å². The molecule has 0 radical (unpaired) electrons. The number of nitrogens with one attached hydrogen (secondary N) is 1. The number of halogens is 1. The van der Waals surface area contributed by atoms with E-state index < -0.39 is 0 Å². The minimum atomic E-state index is -0.181. The largest absolute Gasteiger partial charge is 0.355 e. The Bertz CT molecular complexity index is 871. The maximum Gasteiger partial charge on any atom is 0.128 e. The molecule has 0 unspecified atom stereocenters. The summed E-state index contributed by atoms with van der Waals surface area (Å²) in [5.41, 5.74) is 5.98. The first-order valence-corrected chi connectivity index (χ1v) is 7.66. The van der Waals surface area contributed by atoms with Gasteiger partial charge in [0.1, 0.15) is 5.82 Å². The van der Waals surface area contributed by atoms with Crippen molar-refractivity contribution in [3.8, 4) is 0 Å². The molecule has 0 spiro atoms. The molecule has 1 aliphatic rings. The van der Waals surface area contributed by atoms with Crippen molar-refractivity contribution in [1.29, 1.82) is 0 Å². The van der Waals surface area contributed by atoms with Crippen LogP contribution in [0.25, 0.3) is 10.9 Å². The Hall–Kier alpha value is -2.42. The van der Waals surface area contributed by atoms with Gasteiger partial charge in [0.2, 0.25) is 0 Å². The zero-order valence-corrected chi connectivity index (χ0v) is 12.5. The van der Waals surface area contributed by atoms with Crippen LogP contribution >= 0.6 is 0 Å². The van der Waals surface area contributed by atoms with E-state index in [9.17, 15) is 4.39 Å². The van der Waals surface area contributed by atoms with Crippen LogP contribution in [0.2, 0.25) is 0 Å². The van der Waals surface area contributed by atoms with E-state index in [1.807, 2.05) is 24.3 Å². The number of rotatable bonds is 2. The molecule has 2 aromatic carbocycles. The molecule has 0 aliphatic heterocycles. The minimum Gasteiger partial charge on any atom is -0.355 e. The lowest BCUT2D eigenvalue weighted by atomic mass is 10.1. The first-order chi connectivity index (χ1) is 10.7. The fourth-order valence-corrected chi connectivity index (χ4v) is 3.17. The molecule has 22 heavy (non-hydrogen) atoms. The average Bonchev–Trinajstić information content (AvgIpc) is 2.99. The summed E-state index contributed by atoms with van der Waals surface area (Å²) in [7, 11) is 0.